The SMILES string of the molecule is CCOC1CC(N)(C(=O)NCCCOc2ccccc2C)C1(C)C. The molecule has 2 rings (SSSR count). The average Bonchev–Trinajstić information content (AvgIpc) is 2.55. The Balaban J connectivity index is 1.73. The van der Waals surface area contributed by atoms with Crippen molar-refractivity contribution in [1.82, 2.24) is 5.32 Å². The smallest absolute Gasteiger partial charge is 0.240 e. The molecule has 1 saturated carbocycles. The quantitative estimate of drug-likeness (QED) is 0.716. The number of hydrogen-bond donors (Lipinski definition) is 2. The Morgan fingerprint density at radius 3 is 2.71 bits per heavy atom. The van der Waals surface area contributed by atoms with E-state index < -0.39 is 5.54 Å². The highest BCUT2D eigenvalue weighted by Gasteiger charge is 2.62. The highest BCUT2D eigenvalue weighted by molar-refractivity contribution is 5.88. The van der Waals surface area contributed by atoms with Gasteiger partial charge in [0.1, 0.15) is 11.3 Å². The van der Waals surface area contributed by atoms with E-state index in [4.69, 9.17) is 15.2 Å². The van der Waals surface area contributed by atoms with Crippen LogP contribution in [0.4, 0.5) is 0 Å². The van der Waals surface area contributed by atoms with Crippen molar-refractivity contribution in [1.29, 1.82) is 0 Å². The first kappa shape index (κ1) is 18.7. The van der Waals surface area contributed by atoms with Gasteiger partial charge in [0.05, 0.1) is 12.7 Å². The zero-order valence-electron chi connectivity index (χ0n) is 15.2. The number of aryl methyl sites for hydroxylation is 1. The molecule has 1 aromatic carbocycles. The molecule has 1 aliphatic rings. The molecule has 0 aliphatic heterocycles. The van der Waals surface area contributed by atoms with E-state index in [2.05, 4.69) is 5.32 Å². The van der Waals surface area contributed by atoms with Crippen LogP contribution >= 0.6 is 0 Å². The maximum absolute atomic E-state index is 12.5. The summed E-state index contributed by atoms with van der Waals surface area (Å²) in [6.07, 6.45) is 1.35. The van der Waals surface area contributed by atoms with Gasteiger partial charge in [0.15, 0.2) is 0 Å². The number of carbonyl (C=O) groups is 1. The minimum absolute atomic E-state index is 0.0441. The fraction of sp³-hybridized carbons (Fsp3) is 0.632. The van der Waals surface area contributed by atoms with Gasteiger partial charge in [0.2, 0.25) is 5.91 Å². The van der Waals surface area contributed by atoms with Crippen molar-refractivity contribution >= 4 is 5.91 Å². The monoisotopic (exact) mass is 334 g/mol. The highest BCUT2D eigenvalue weighted by Crippen LogP contribution is 2.49. The summed E-state index contributed by atoms with van der Waals surface area (Å²) in [4.78, 5) is 12.5. The summed E-state index contributed by atoms with van der Waals surface area (Å²) < 4.78 is 11.4. The zero-order valence-corrected chi connectivity index (χ0v) is 15.2. The number of hydrogen-bond acceptors (Lipinski definition) is 4. The first-order valence-electron chi connectivity index (χ1n) is 8.70. The molecular formula is C19H30N2O3. The Morgan fingerprint density at radius 2 is 2.08 bits per heavy atom. The molecule has 2 atom stereocenters. The van der Waals surface area contributed by atoms with Crippen LogP contribution < -0.4 is 15.8 Å². The number of nitrogens with two attached hydrogens (primary N) is 1. The minimum Gasteiger partial charge on any atom is -0.493 e. The topological polar surface area (TPSA) is 73.6 Å². The maximum Gasteiger partial charge on any atom is 0.240 e. The third-order valence-electron chi connectivity index (χ3n) is 5.19. The number of carbonyl (C=O) groups excluding carboxylic acids is 1. The van der Waals surface area contributed by atoms with Gasteiger partial charge in [-0.05, 0) is 31.9 Å². The van der Waals surface area contributed by atoms with Gasteiger partial charge in [-0.2, -0.15) is 0 Å². The largest absolute Gasteiger partial charge is 0.493 e. The minimum atomic E-state index is -0.857. The molecule has 0 bridgehead atoms. The maximum atomic E-state index is 12.5. The van der Waals surface area contributed by atoms with Crippen molar-refractivity contribution in [3.63, 3.8) is 0 Å². The number of para-hydroxylation sites is 1. The molecule has 0 radical (unpaired) electrons. The van der Waals surface area contributed by atoms with Crippen LogP contribution in [0.1, 0.15) is 39.2 Å². The summed E-state index contributed by atoms with van der Waals surface area (Å²) in [7, 11) is 0. The second kappa shape index (κ2) is 7.53. The highest BCUT2D eigenvalue weighted by atomic mass is 16.5. The normalized spacial score (nSPS) is 25.0. The summed E-state index contributed by atoms with van der Waals surface area (Å²) >= 11 is 0. The fourth-order valence-corrected chi connectivity index (χ4v) is 3.15. The predicted octanol–water partition coefficient (Wildman–Crippen LogP) is 2.41. The summed E-state index contributed by atoms with van der Waals surface area (Å²) in [5.74, 6) is 0.790. The second-order valence-electron chi connectivity index (χ2n) is 7.06. The Kier molecular flexibility index (Phi) is 5.88. The first-order valence-corrected chi connectivity index (χ1v) is 8.70. The number of rotatable bonds is 8. The first-order chi connectivity index (χ1) is 11.3. The van der Waals surface area contributed by atoms with Gasteiger partial charge in [-0.3, -0.25) is 4.79 Å². The Bertz CT molecular complexity index is 573. The second-order valence-corrected chi connectivity index (χ2v) is 7.06. The Labute approximate surface area is 144 Å². The lowest BCUT2D eigenvalue weighted by atomic mass is 9.54. The van der Waals surface area contributed by atoms with Crippen molar-refractivity contribution in [2.45, 2.75) is 52.2 Å². The number of ether oxygens (including phenoxy) is 2. The van der Waals surface area contributed by atoms with Gasteiger partial charge < -0.3 is 20.5 Å². The molecule has 1 aliphatic carbocycles. The number of benzene rings is 1. The molecule has 0 spiro atoms. The van der Waals surface area contributed by atoms with E-state index in [1.807, 2.05) is 52.0 Å². The van der Waals surface area contributed by atoms with Gasteiger partial charge >= 0.3 is 0 Å². The summed E-state index contributed by atoms with van der Waals surface area (Å²) in [5.41, 5.74) is 6.25. The van der Waals surface area contributed by atoms with Gasteiger partial charge in [0, 0.05) is 25.0 Å². The van der Waals surface area contributed by atoms with E-state index in [0.29, 0.717) is 26.2 Å². The lowest BCUT2D eigenvalue weighted by Gasteiger charge is -2.57. The fourth-order valence-electron chi connectivity index (χ4n) is 3.15. The summed E-state index contributed by atoms with van der Waals surface area (Å²) in [6.45, 7) is 9.73. The van der Waals surface area contributed by atoms with E-state index in [1.54, 1.807) is 0 Å². The van der Waals surface area contributed by atoms with Crippen molar-refractivity contribution < 1.29 is 14.3 Å². The Morgan fingerprint density at radius 1 is 1.38 bits per heavy atom. The van der Waals surface area contributed by atoms with Crippen LogP contribution in [-0.4, -0.2) is 37.3 Å². The third kappa shape index (κ3) is 3.57. The van der Waals surface area contributed by atoms with Crippen LogP contribution in [0.15, 0.2) is 24.3 Å². The van der Waals surface area contributed by atoms with Crippen LogP contribution in [0.25, 0.3) is 0 Å². The van der Waals surface area contributed by atoms with Gasteiger partial charge in [-0.1, -0.05) is 32.0 Å². The lowest BCUT2D eigenvalue weighted by Crippen LogP contribution is -2.75. The average molecular weight is 334 g/mol. The van der Waals surface area contributed by atoms with Crippen LogP contribution in [0.3, 0.4) is 0 Å². The molecule has 0 saturated heterocycles. The van der Waals surface area contributed by atoms with Gasteiger partial charge in [-0.25, -0.2) is 0 Å². The Hall–Kier alpha value is -1.59. The molecule has 24 heavy (non-hydrogen) atoms. The van der Waals surface area contributed by atoms with Crippen LogP contribution in [-0.2, 0) is 9.53 Å². The molecule has 3 N–H and O–H groups in total. The van der Waals surface area contributed by atoms with Crippen LogP contribution in [0.5, 0.6) is 5.75 Å². The van der Waals surface area contributed by atoms with E-state index in [1.165, 1.54) is 0 Å². The standard InChI is InChI=1S/C19H30N2O3/c1-5-23-16-13-19(20,18(16,3)4)17(22)21-11-8-12-24-15-10-7-6-9-14(15)2/h6-7,9-10,16H,5,8,11-13,20H2,1-4H3,(H,21,22). The van der Waals surface area contributed by atoms with Crippen molar-refractivity contribution in [3.05, 3.63) is 29.8 Å². The van der Waals surface area contributed by atoms with E-state index in [0.717, 1.165) is 17.7 Å². The molecule has 5 heteroatoms. The molecule has 1 aromatic rings. The molecule has 2 unspecified atom stereocenters. The van der Waals surface area contributed by atoms with Gasteiger partial charge in [0.25, 0.3) is 0 Å². The van der Waals surface area contributed by atoms with Gasteiger partial charge in [-0.15, -0.1) is 0 Å². The number of amides is 1. The molecule has 1 amide bonds. The van der Waals surface area contributed by atoms with Crippen LogP contribution in [0, 0.1) is 12.3 Å². The zero-order chi connectivity index (χ0) is 17.8. The molecule has 0 aromatic heterocycles. The summed E-state index contributed by atoms with van der Waals surface area (Å²) in [5, 5.41) is 2.94. The lowest BCUT2D eigenvalue weighted by molar-refractivity contribution is -0.170. The number of nitrogens with one attached hydrogen (secondary N) is 1. The molecule has 0 heterocycles. The molecule has 5 nitrogen and oxygen atoms in total. The van der Waals surface area contributed by atoms with E-state index in [-0.39, 0.29) is 17.4 Å². The molecular weight excluding hydrogens is 304 g/mol. The van der Waals surface area contributed by atoms with Crippen molar-refractivity contribution in [3.8, 4) is 5.75 Å². The predicted molar refractivity (Wildman–Crippen MR) is 95.0 cm³/mol. The summed E-state index contributed by atoms with van der Waals surface area (Å²) in [6, 6.07) is 7.91. The van der Waals surface area contributed by atoms with E-state index in [9.17, 15) is 4.79 Å². The van der Waals surface area contributed by atoms with Crippen LogP contribution in [0.2, 0.25) is 0 Å². The third-order valence-corrected chi connectivity index (χ3v) is 5.19. The van der Waals surface area contributed by atoms with E-state index >= 15 is 0 Å². The molecule has 1 fully saturated rings. The molecule has 134 valence electrons. The van der Waals surface area contributed by atoms with Crippen molar-refractivity contribution in [2.24, 2.45) is 11.1 Å². The van der Waals surface area contributed by atoms with Crippen molar-refractivity contribution in [2.75, 3.05) is 19.8 Å².